The molecule has 1 fully saturated rings. The van der Waals surface area contributed by atoms with Crippen molar-refractivity contribution < 1.29 is 9.53 Å². The van der Waals surface area contributed by atoms with Gasteiger partial charge in [-0.15, -0.1) is 0 Å². The molecule has 0 aromatic carbocycles. The Balaban J connectivity index is 2.08. The number of rotatable bonds is 4. The number of hydrogen-bond donors (Lipinski definition) is 0. The van der Waals surface area contributed by atoms with Crippen molar-refractivity contribution in [1.82, 2.24) is 14.5 Å². The average molecular weight is 251 g/mol. The van der Waals surface area contributed by atoms with Gasteiger partial charge in [0.1, 0.15) is 5.82 Å². The fourth-order valence-electron chi connectivity index (χ4n) is 2.18. The zero-order chi connectivity index (χ0) is 13.1. The second-order valence-electron chi connectivity index (χ2n) is 5.07. The lowest BCUT2D eigenvalue weighted by molar-refractivity contribution is -0.138. The number of aryl methyl sites for hydroxylation is 1. The van der Waals surface area contributed by atoms with Crippen molar-refractivity contribution in [3.05, 3.63) is 18.2 Å². The van der Waals surface area contributed by atoms with Gasteiger partial charge >= 0.3 is 0 Å². The van der Waals surface area contributed by atoms with E-state index >= 15 is 0 Å². The van der Waals surface area contributed by atoms with Crippen molar-refractivity contribution in [2.24, 2.45) is 13.0 Å². The number of carbonyl (C=O) groups excluding carboxylic acids is 1. The fourth-order valence-corrected chi connectivity index (χ4v) is 2.18. The van der Waals surface area contributed by atoms with Crippen LogP contribution < -0.4 is 0 Å². The van der Waals surface area contributed by atoms with Crippen LogP contribution in [0.3, 0.4) is 0 Å². The highest BCUT2D eigenvalue weighted by Gasteiger charge is 2.29. The van der Waals surface area contributed by atoms with Gasteiger partial charge < -0.3 is 14.2 Å². The second-order valence-corrected chi connectivity index (χ2v) is 5.07. The maximum atomic E-state index is 12.4. The van der Waals surface area contributed by atoms with Crippen molar-refractivity contribution in [1.29, 1.82) is 0 Å². The monoisotopic (exact) mass is 251 g/mol. The van der Waals surface area contributed by atoms with E-state index < -0.39 is 0 Å². The lowest BCUT2D eigenvalue weighted by Crippen LogP contribution is -2.41. The number of nitrogens with zero attached hydrogens (tertiary/aromatic N) is 3. The highest BCUT2D eigenvalue weighted by molar-refractivity contribution is 5.79. The van der Waals surface area contributed by atoms with Crippen LogP contribution in [0, 0.1) is 5.92 Å². The molecule has 1 aliphatic heterocycles. The molecule has 0 bridgehead atoms. The molecule has 5 nitrogen and oxygen atoms in total. The summed E-state index contributed by atoms with van der Waals surface area (Å²) in [6, 6.07) is 0.176. The minimum atomic E-state index is 0.0210. The summed E-state index contributed by atoms with van der Waals surface area (Å²) in [6.45, 7) is 5.90. The summed E-state index contributed by atoms with van der Waals surface area (Å²) in [7, 11) is 1.95. The normalized spacial score (nSPS) is 19.4. The number of imidazole rings is 1. The molecule has 0 radical (unpaired) electrons. The van der Waals surface area contributed by atoms with Crippen molar-refractivity contribution in [2.75, 3.05) is 13.2 Å². The van der Waals surface area contributed by atoms with Crippen LogP contribution in [-0.4, -0.2) is 39.6 Å². The molecule has 2 rings (SSSR count). The molecular weight excluding hydrogens is 230 g/mol. The predicted molar refractivity (Wildman–Crippen MR) is 67.8 cm³/mol. The molecule has 0 N–H and O–H groups in total. The van der Waals surface area contributed by atoms with Gasteiger partial charge in [-0.2, -0.15) is 0 Å². The zero-order valence-electron chi connectivity index (χ0n) is 11.3. The van der Waals surface area contributed by atoms with Crippen molar-refractivity contribution in [3.8, 4) is 0 Å². The van der Waals surface area contributed by atoms with E-state index in [0.717, 1.165) is 12.2 Å². The Hall–Kier alpha value is -1.36. The quantitative estimate of drug-likeness (QED) is 0.807. The number of hydrogen-bond acceptors (Lipinski definition) is 3. The van der Waals surface area contributed by atoms with E-state index in [0.29, 0.717) is 19.8 Å². The third kappa shape index (κ3) is 2.72. The van der Waals surface area contributed by atoms with Crippen LogP contribution in [0.2, 0.25) is 0 Å². The molecule has 1 aromatic rings. The molecular formula is C13H21N3O2. The maximum Gasteiger partial charge on any atom is 0.228 e. The minimum absolute atomic E-state index is 0.0210. The van der Waals surface area contributed by atoms with Gasteiger partial charge in [-0.3, -0.25) is 4.79 Å². The van der Waals surface area contributed by atoms with Crippen LogP contribution in [0.1, 0.15) is 26.1 Å². The molecule has 1 saturated heterocycles. The number of aromatic nitrogens is 2. The number of ether oxygens (including phenoxy) is 1. The van der Waals surface area contributed by atoms with Crippen LogP contribution in [0.4, 0.5) is 0 Å². The maximum absolute atomic E-state index is 12.4. The first-order valence-corrected chi connectivity index (χ1v) is 6.44. The van der Waals surface area contributed by atoms with E-state index in [9.17, 15) is 4.79 Å². The first kappa shape index (κ1) is 13.1. The molecule has 0 unspecified atom stereocenters. The van der Waals surface area contributed by atoms with E-state index in [1.54, 1.807) is 6.20 Å². The molecule has 18 heavy (non-hydrogen) atoms. The smallest absolute Gasteiger partial charge is 0.228 e. The summed E-state index contributed by atoms with van der Waals surface area (Å²) >= 11 is 0. The summed E-state index contributed by atoms with van der Waals surface area (Å²) in [5.41, 5.74) is 0. The van der Waals surface area contributed by atoms with E-state index in [-0.39, 0.29) is 17.9 Å². The molecule has 0 aliphatic carbocycles. The van der Waals surface area contributed by atoms with Gasteiger partial charge in [0.25, 0.3) is 0 Å². The summed E-state index contributed by atoms with van der Waals surface area (Å²) in [6.07, 6.45) is 4.50. The lowest BCUT2D eigenvalue weighted by atomic mass is 10.1. The molecule has 1 amide bonds. The first-order valence-electron chi connectivity index (χ1n) is 6.44. The molecule has 1 atom stereocenters. The van der Waals surface area contributed by atoms with Crippen LogP contribution >= 0.6 is 0 Å². The summed E-state index contributed by atoms with van der Waals surface area (Å²) in [5.74, 6) is 1.12. The molecule has 0 spiro atoms. The largest absolute Gasteiger partial charge is 0.381 e. The molecule has 1 aliphatic rings. The predicted octanol–water partition coefficient (Wildman–Crippen LogP) is 1.19. The molecule has 1 aromatic heterocycles. The second kappa shape index (κ2) is 5.52. The Morgan fingerprint density at radius 3 is 2.94 bits per heavy atom. The summed E-state index contributed by atoms with van der Waals surface area (Å²) in [4.78, 5) is 18.6. The zero-order valence-corrected chi connectivity index (χ0v) is 11.3. The topological polar surface area (TPSA) is 47.4 Å². The van der Waals surface area contributed by atoms with Gasteiger partial charge in [0.15, 0.2) is 0 Å². The number of carbonyl (C=O) groups is 1. The standard InChI is InChI=1S/C13H21N3O2/c1-10(2)16(8-12-14-5-6-15(12)3)13(17)11-4-7-18-9-11/h5-6,10-11H,4,7-9H2,1-3H3/t11-/m1/s1. The van der Waals surface area contributed by atoms with Gasteiger partial charge in [0.2, 0.25) is 5.91 Å². The Bertz CT molecular complexity index is 408. The third-order valence-corrected chi connectivity index (χ3v) is 3.42. The third-order valence-electron chi connectivity index (χ3n) is 3.42. The molecule has 0 saturated carbocycles. The van der Waals surface area contributed by atoms with Crippen LogP contribution in [0.5, 0.6) is 0 Å². The van der Waals surface area contributed by atoms with Gasteiger partial charge in [-0.1, -0.05) is 0 Å². The van der Waals surface area contributed by atoms with Gasteiger partial charge in [0.05, 0.1) is 19.1 Å². The van der Waals surface area contributed by atoms with Gasteiger partial charge in [0, 0.05) is 32.1 Å². The van der Waals surface area contributed by atoms with E-state index in [4.69, 9.17) is 4.74 Å². The van der Waals surface area contributed by atoms with E-state index in [1.807, 2.05) is 36.6 Å². The Labute approximate surface area is 108 Å². The van der Waals surface area contributed by atoms with Crippen LogP contribution in [0.15, 0.2) is 12.4 Å². The first-order chi connectivity index (χ1) is 8.59. The van der Waals surface area contributed by atoms with E-state index in [2.05, 4.69) is 4.98 Å². The van der Waals surface area contributed by atoms with Crippen LogP contribution in [-0.2, 0) is 23.1 Å². The average Bonchev–Trinajstić information content (AvgIpc) is 2.96. The molecule has 100 valence electrons. The van der Waals surface area contributed by atoms with Gasteiger partial charge in [-0.25, -0.2) is 4.98 Å². The van der Waals surface area contributed by atoms with Crippen LogP contribution in [0.25, 0.3) is 0 Å². The summed E-state index contributed by atoms with van der Waals surface area (Å²) in [5, 5.41) is 0. The van der Waals surface area contributed by atoms with Gasteiger partial charge in [-0.05, 0) is 20.3 Å². The summed E-state index contributed by atoms with van der Waals surface area (Å²) < 4.78 is 7.25. The van der Waals surface area contributed by atoms with E-state index in [1.165, 1.54) is 0 Å². The minimum Gasteiger partial charge on any atom is -0.381 e. The molecule has 5 heteroatoms. The Kier molecular flexibility index (Phi) is 4.01. The number of amides is 1. The Morgan fingerprint density at radius 1 is 1.67 bits per heavy atom. The van der Waals surface area contributed by atoms with Crippen molar-refractivity contribution in [2.45, 2.75) is 32.9 Å². The SMILES string of the molecule is CC(C)N(Cc1nccn1C)C(=O)[C@@H]1CCOC1. The fraction of sp³-hybridized carbons (Fsp3) is 0.692. The molecule has 2 heterocycles. The lowest BCUT2D eigenvalue weighted by Gasteiger charge is -2.28. The van der Waals surface area contributed by atoms with Crippen molar-refractivity contribution >= 4 is 5.91 Å². The highest BCUT2D eigenvalue weighted by atomic mass is 16.5. The highest BCUT2D eigenvalue weighted by Crippen LogP contribution is 2.18. The Morgan fingerprint density at radius 2 is 2.44 bits per heavy atom. The van der Waals surface area contributed by atoms with Crippen molar-refractivity contribution in [3.63, 3.8) is 0 Å².